The highest BCUT2D eigenvalue weighted by Crippen LogP contribution is 2.26. The van der Waals surface area contributed by atoms with Crippen LogP contribution in [-0.4, -0.2) is 23.9 Å². The largest absolute Gasteiger partial charge is 0.573 e. The number of nitrogens with one attached hydrogen (secondary N) is 1. The molecule has 9 heteroatoms. The van der Waals surface area contributed by atoms with Crippen LogP contribution in [0.5, 0.6) is 5.75 Å². The third kappa shape index (κ3) is 4.25. The topological polar surface area (TPSA) is 68.4 Å². The number of halogens is 4. The fourth-order valence-corrected chi connectivity index (χ4v) is 1.48. The van der Waals surface area contributed by atoms with E-state index in [1.807, 2.05) is 4.98 Å². The van der Waals surface area contributed by atoms with Crippen molar-refractivity contribution in [3.63, 3.8) is 0 Å². The quantitative estimate of drug-likeness (QED) is 0.665. The van der Waals surface area contributed by atoms with E-state index in [4.69, 9.17) is 0 Å². The summed E-state index contributed by atoms with van der Waals surface area (Å²) in [6.07, 6.45) is -4.94. The van der Waals surface area contributed by atoms with Crippen LogP contribution in [0.2, 0.25) is 0 Å². The highest BCUT2D eigenvalue weighted by molar-refractivity contribution is 5.74. The number of hydrogen-bond donors (Lipinski definition) is 1. The Kier molecular flexibility index (Phi) is 5.12. The Bertz CT molecular complexity index is 538. The van der Waals surface area contributed by atoms with Gasteiger partial charge in [-0.05, 0) is 6.92 Å². The first-order valence-electron chi connectivity index (χ1n) is 5.49. The first kappa shape index (κ1) is 16.0. The summed E-state index contributed by atoms with van der Waals surface area (Å²) < 4.78 is 57.6. The standard InChI is InChI=1S/C11H11F4NO4/c1-2-19-8(17)3-7-6(4-12)5-16-10(18)9(7)20-11(13,14)15/h5H,2-4H2,1H3,(H,16,18). The van der Waals surface area contributed by atoms with Crippen LogP contribution in [0.15, 0.2) is 11.0 Å². The molecule has 0 amide bonds. The van der Waals surface area contributed by atoms with Crippen LogP contribution in [-0.2, 0) is 22.6 Å². The summed E-state index contributed by atoms with van der Waals surface area (Å²) in [5.74, 6) is -2.04. The van der Waals surface area contributed by atoms with Crippen LogP contribution in [0.3, 0.4) is 0 Å². The number of esters is 1. The number of alkyl halides is 4. The summed E-state index contributed by atoms with van der Waals surface area (Å²) in [4.78, 5) is 24.6. The zero-order valence-electron chi connectivity index (χ0n) is 10.3. The van der Waals surface area contributed by atoms with Gasteiger partial charge in [0.05, 0.1) is 13.0 Å². The summed E-state index contributed by atoms with van der Waals surface area (Å²) in [5.41, 5.74) is -1.97. The number of pyridine rings is 1. The first-order valence-corrected chi connectivity index (χ1v) is 5.49. The Morgan fingerprint density at radius 1 is 1.40 bits per heavy atom. The van der Waals surface area contributed by atoms with Crippen LogP contribution in [0, 0.1) is 0 Å². The van der Waals surface area contributed by atoms with Gasteiger partial charge in [-0.1, -0.05) is 0 Å². The lowest BCUT2D eigenvalue weighted by atomic mass is 10.1. The van der Waals surface area contributed by atoms with Crippen molar-refractivity contribution in [2.45, 2.75) is 26.4 Å². The van der Waals surface area contributed by atoms with E-state index in [1.165, 1.54) is 6.92 Å². The SMILES string of the molecule is CCOC(=O)Cc1c(CF)c[nH]c(=O)c1OC(F)(F)F. The summed E-state index contributed by atoms with van der Waals surface area (Å²) in [7, 11) is 0. The van der Waals surface area contributed by atoms with Crippen LogP contribution >= 0.6 is 0 Å². The second kappa shape index (κ2) is 6.40. The molecular weight excluding hydrogens is 286 g/mol. The number of carbonyl (C=O) groups excluding carboxylic acids is 1. The molecule has 0 bridgehead atoms. The molecule has 112 valence electrons. The van der Waals surface area contributed by atoms with E-state index in [9.17, 15) is 27.2 Å². The molecule has 0 aliphatic heterocycles. The van der Waals surface area contributed by atoms with Crippen molar-refractivity contribution in [2.75, 3.05) is 6.61 Å². The molecule has 0 saturated carbocycles. The minimum atomic E-state index is -5.13. The van der Waals surface area contributed by atoms with Gasteiger partial charge in [-0.3, -0.25) is 9.59 Å². The average molecular weight is 297 g/mol. The Morgan fingerprint density at radius 2 is 2.05 bits per heavy atom. The van der Waals surface area contributed by atoms with Gasteiger partial charge in [-0.15, -0.1) is 13.2 Å². The molecule has 1 aromatic heterocycles. The highest BCUT2D eigenvalue weighted by atomic mass is 19.4. The van der Waals surface area contributed by atoms with Gasteiger partial charge in [-0.2, -0.15) is 0 Å². The van der Waals surface area contributed by atoms with Crippen molar-refractivity contribution in [2.24, 2.45) is 0 Å². The van der Waals surface area contributed by atoms with E-state index in [-0.39, 0.29) is 12.2 Å². The fraction of sp³-hybridized carbons (Fsp3) is 0.455. The Hall–Kier alpha value is -2.06. The Morgan fingerprint density at radius 3 is 2.55 bits per heavy atom. The van der Waals surface area contributed by atoms with E-state index < -0.39 is 42.3 Å². The zero-order valence-corrected chi connectivity index (χ0v) is 10.3. The van der Waals surface area contributed by atoms with Crippen LogP contribution in [0.1, 0.15) is 18.1 Å². The summed E-state index contributed by atoms with van der Waals surface area (Å²) >= 11 is 0. The number of rotatable bonds is 5. The Labute approximate surface area is 110 Å². The lowest BCUT2D eigenvalue weighted by molar-refractivity contribution is -0.275. The molecule has 1 heterocycles. The number of ether oxygens (including phenoxy) is 2. The van der Waals surface area contributed by atoms with Crippen LogP contribution < -0.4 is 10.3 Å². The van der Waals surface area contributed by atoms with Gasteiger partial charge in [-0.25, -0.2) is 4.39 Å². The van der Waals surface area contributed by atoms with Gasteiger partial charge < -0.3 is 14.5 Å². The van der Waals surface area contributed by atoms with Crippen molar-refractivity contribution in [1.82, 2.24) is 4.98 Å². The average Bonchev–Trinajstić information content (AvgIpc) is 2.33. The molecule has 1 N–H and O–H groups in total. The lowest BCUT2D eigenvalue weighted by Gasteiger charge is -2.14. The Balaban J connectivity index is 3.25. The molecule has 0 fully saturated rings. The summed E-state index contributed by atoms with van der Waals surface area (Å²) in [6.45, 7) is 0.334. The van der Waals surface area contributed by atoms with E-state index in [2.05, 4.69) is 9.47 Å². The number of aromatic amines is 1. The second-order valence-electron chi connectivity index (χ2n) is 3.61. The number of aromatic nitrogens is 1. The molecule has 0 spiro atoms. The molecule has 0 aromatic carbocycles. The summed E-state index contributed by atoms with van der Waals surface area (Å²) in [6, 6.07) is 0. The van der Waals surface area contributed by atoms with E-state index in [0.29, 0.717) is 0 Å². The minimum absolute atomic E-state index is 0.00242. The number of hydrogen-bond acceptors (Lipinski definition) is 4. The third-order valence-electron chi connectivity index (χ3n) is 2.23. The maximum absolute atomic E-state index is 12.8. The van der Waals surface area contributed by atoms with Gasteiger partial charge in [0.2, 0.25) is 0 Å². The molecule has 0 atom stereocenters. The van der Waals surface area contributed by atoms with Gasteiger partial charge in [0.1, 0.15) is 6.67 Å². The van der Waals surface area contributed by atoms with E-state index >= 15 is 0 Å². The van der Waals surface area contributed by atoms with Gasteiger partial charge in [0, 0.05) is 17.3 Å². The molecule has 5 nitrogen and oxygen atoms in total. The van der Waals surface area contributed by atoms with Crippen molar-refractivity contribution in [3.05, 3.63) is 27.7 Å². The predicted octanol–water partition coefficient (Wildman–Crippen LogP) is 1.85. The minimum Gasteiger partial charge on any atom is -0.466 e. The molecule has 0 saturated heterocycles. The fourth-order valence-electron chi connectivity index (χ4n) is 1.48. The predicted molar refractivity (Wildman–Crippen MR) is 58.9 cm³/mol. The normalized spacial score (nSPS) is 11.2. The van der Waals surface area contributed by atoms with E-state index in [0.717, 1.165) is 6.20 Å². The van der Waals surface area contributed by atoms with E-state index in [1.54, 1.807) is 0 Å². The molecule has 0 aliphatic carbocycles. The lowest BCUT2D eigenvalue weighted by Crippen LogP contribution is -2.25. The molecule has 1 rings (SSSR count). The summed E-state index contributed by atoms with van der Waals surface area (Å²) in [5, 5.41) is 0. The van der Waals surface area contributed by atoms with Crippen molar-refractivity contribution >= 4 is 5.97 Å². The van der Waals surface area contributed by atoms with Crippen molar-refractivity contribution in [1.29, 1.82) is 0 Å². The van der Waals surface area contributed by atoms with Crippen molar-refractivity contribution < 1.29 is 31.8 Å². The van der Waals surface area contributed by atoms with Crippen molar-refractivity contribution in [3.8, 4) is 5.75 Å². The smallest absolute Gasteiger partial charge is 0.466 e. The first-order chi connectivity index (χ1) is 9.28. The zero-order chi connectivity index (χ0) is 15.3. The number of carbonyl (C=O) groups is 1. The maximum Gasteiger partial charge on any atom is 0.573 e. The maximum atomic E-state index is 12.8. The van der Waals surface area contributed by atoms with Crippen LogP contribution in [0.4, 0.5) is 17.6 Å². The molecule has 0 unspecified atom stereocenters. The second-order valence-corrected chi connectivity index (χ2v) is 3.61. The third-order valence-corrected chi connectivity index (χ3v) is 2.23. The van der Waals surface area contributed by atoms with Gasteiger partial charge >= 0.3 is 12.3 Å². The number of H-pyrrole nitrogens is 1. The van der Waals surface area contributed by atoms with Gasteiger partial charge in [0.25, 0.3) is 5.56 Å². The molecule has 0 radical (unpaired) electrons. The molecule has 20 heavy (non-hydrogen) atoms. The molecule has 1 aromatic rings. The molecular formula is C11H11F4NO4. The van der Waals surface area contributed by atoms with Gasteiger partial charge in [0.15, 0.2) is 5.75 Å². The molecule has 0 aliphatic rings. The highest BCUT2D eigenvalue weighted by Gasteiger charge is 2.34. The van der Waals surface area contributed by atoms with Crippen LogP contribution in [0.25, 0.3) is 0 Å². The monoisotopic (exact) mass is 297 g/mol.